The second-order valence-electron chi connectivity index (χ2n) is 5.80. The van der Waals surface area contributed by atoms with Crippen molar-refractivity contribution in [3.8, 4) is 29.4 Å². The van der Waals surface area contributed by atoms with Gasteiger partial charge < -0.3 is 14.8 Å². The summed E-state index contributed by atoms with van der Waals surface area (Å²) in [6.07, 6.45) is -5.15. The molecule has 0 saturated carbocycles. The van der Waals surface area contributed by atoms with E-state index in [-0.39, 0.29) is 18.0 Å². The normalized spacial score (nSPS) is 12.3. The van der Waals surface area contributed by atoms with Crippen LogP contribution in [0.2, 0.25) is 0 Å². The number of carbonyl (C=O) groups excluding carboxylic acids is 1. The van der Waals surface area contributed by atoms with Crippen molar-refractivity contribution >= 4 is 11.7 Å². The average Bonchev–Trinajstić information content (AvgIpc) is 2.71. The smallest absolute Gasteiger partial charge is 0.434 e. The van der Waals surface area contributed by atoms with Crippen molar-refractivity contribution in [2.45, 2.75) is 18.6 Å². The first-order valence-electron chi connectivity index (χ1n) is 8.67. The fourth-order valence-electron chi connectivity index (χ4n) is 2.34. The van der Waals surface area contributed by atoms with E-state index in [1.807, 2.05) is 5.92 Å². The van der Waals surface area contributed by atoms with E-state index in [0.29, 0.717) is 5.56 Å². The molecule has 0 aliphatic heterocycles. The van der Waals surface area contributed by atoms with Crippen molar-refractivity contribution in [1.82, 2.24) is 0 Å². The summed E-state index contributed by atoms with van der Waals surface area (Å²) in [4.78, 5) is 12.4. The van der Waals surface area contributed by atoms with Crippen LogP contribution in [0.5, 0.6) is 5.75 Å². The van der Waals surface area contributed by atoms with Crippen molar-refractivity contribution in [2.24, 2.45) is 0 Å². The van der Waals surface area contributed by atoms with E-state index in [1.54, 1.807) is 6.07 Å². The maximum atomic E-state index is 14.1. The highest BCUT2D eigenvalue weighted by atomic mass is 19.4. The van der Waals surface area contributed by atoms with Gasteiger partial charge in [-0.05, 0) is 61.1 Å². The molecule has 4 nitrogen and oxygen atoms in total. The number of para-hydroxylation sites is 2. The van der Waals surface area contributed by atoms with Gasteiger partial charge in [-0.3, -0.25) is 0 Å². The number of esters is 1. The Morgan fingerprint density at radius 3 is 2.33 bits per heavy atom. The summed E-state index contributed by atoms with van der Waals surface area (Å²) in [5.74, 6) is 6.65. The van der Waals surface area contributed by atoms with Crippen LogP contribution in [0.4, 0.5) is 23.2 Å². The molecule has 0 heterocycles. The van der Waals surface area contributed by atoms with E-state index in [9.17, 15) is 22.4 Å². The van der Waals surface area contributed by atoms with E-state index in [1.165, 1.54) is 44.4 Å². The van der Waals surface area contributed by atoms with Gasteiger partial charge in [-0.15, -0.1) is 0 Å². The lowest BCUT2D eigenvalue weighted by atomic mass is 9.98. The summed E-state index contributed by atoms with van der Waals surface area (Å²) in [7, 11) is 1.28. The third-order valence-corrected chi connectivity index (χ3v) is 3.80. The van der Waals surface area contributed by atoms with E-state index < -0.39 is 23.5 Å². The second kappa shape index (κ2) is 9.71. The van der Waals surface area contributed by atoms with Crippen molar-refractivity contribution in [2.75, 3.05) is 19.0 Å². The van der Waals surface area contributed by atoms with Crippen molar-refractivity contribution < 1.29 is 31.8 Å². The summed E-state index contributed by atoms with van der Waals surface area (Å²) in [5.41, 5.74) is -3.14. The highest BCUT2D eigenvalue weighted by molar-refractivity contribution is 5.91. The Hall–Kier alpha value is -3.65. The van der Waals surface area contributed by atoms with Gasteiger partial charge in [0.05, 0.1) is 19.4 Å². The number of methoxy groups -OCH3 is 1. The first-order valence-corrected chi connectivity index (χ1v) is 8.67. The van der Waals surface area contributed by atoms with E-state index in [4.69, 9.17) is 4.74 Å². The van der Waals surface area contributed by atoms with Crippen LogP contribution in [0.1, 0.15) is 12.5 Å². The van der Waals surface area contributed by atoms with Crippen molar-refractivity contribution in [3.05, 3.63) is 59.9 Å². The van der Waals surface area contributed by atoms with E-state index >= 15 is 0 Å². The van der Waals surface area contributed by atoms with Crippen LogP contribution in [0, 0.1) is 29.5 Å². The van der Waals surface area contributed by atoms with Gasteiger partial charge in [0.15, 0.2) is 0 Å². The molecule has 0 amide bonds. The third-order valence-electron chi connectivity index (χ3n) is 3.80. The molecular formula is C22H17F4NO3. The Morgan fingerprint density at radius 1 is 1.07 bits per heavy atom. The van der Waals surface area contributed by atoms with E-state index in [2.05, 4.69) is 27.8 Å². The molecule has 30 heavy (non-hydrogen) atoms. The van der Waals surface area contributed by atoms with E-state index in [0.717, 1.165) is 12.1 Å². The summed E-state index contributed by atoms with van der Waals surface area (Å²) in [5, 5.41) is 2.13. The molecule has 1 atom stereocenters. The van der Waals surface area contributed by atoms with Crippen LogP contribution in [0.3, 0.4) is 0 Å². The van der Waals surface area contributed by atoms with Gasteiger partial charge in [0, 0.05) is 5.56 Å². The Kier molecular flexibility index (Phi) is 7.32. The number of hydrogen-bond acceptors (Lipinski definition) is 4. The van der Waals surface area contributed by atoms with Crippen LogP contribution in [0.15, 0.2) is 48.5 Å². The molecule has 0 aromatic heterocycles. The molecule has 156 valence electrons. The van der Waals surface area contributed by atoms with Gasteiger partial charge >= 0.3 is 12.1 Å². The quantitative estimate of drug-likeness (QED) is 0.449. The predicted molar refractivity (Wildman–Crippen MR) is 103 cm³/mol. The number of rotatable bonds is 5. The standard InChI is InChI=1S/C22H17F4NO3/c1-3-30-20(28)21(22(24,25)26,27-18-9-4-5-10-19(18)29-2)15-7-6-8-16-11-13-17(23)14-12-16/h4-5,9-14,27H,3H2,1-2H3. The summed E-state index contributed by atoms with van der Waals surface area (Å²) in [6, 6.07) is 10.8. The van der Waals surface area contributed by atoms with Gasteiger partial charge in [-0.25, -0.2) is 9.18 Å². The minimum Gasteiger partial charge on any atom is -0.495 e. The topological polar surface area (TPSA) is 47.6 Å². The fourth-order valence-corrected chi connectivity index (χ4v) is 2.34. The molecule has 0 fully saturated rings. The molecule has 0 bridgehead atoms. The fraction of sp³-hybridized carbons (Fsp3) is 0.227. The van der Waals surface area contributed by atoms with Crippen LogP contribution in [-0.2, 0) is 9.53 Å². The number of nitrogens with one attached hydrogen (secondary N) is 1. The van der Waals surface area contributed by atoms with Crippen LogP contribution in [-0.4, -0.2) is 31.4 Å². The molecule has 2 rings (SSSR count). The number of ether oxygens (including phenoxy) is 2. The number of alkyl halides is 3. The molecule has 1 N–H and O–H groups in total. The average molecular weight is 419 g/mol. The molecule has 0 aliphatic rings. The third kappa shape index (κ3) is 5.24. The molecule has 0 aliphatic carbocycles. The number of benzene rings is 2. The van der Waals surface area contributed by atoms with Gasteiger partial charge in [0.2, 0.25) is 0 Å². The van der Waals surface area contributed by atoms with Crippen molar-refractivity contribution in [1.29, 1.82) is 0 Å². The summed E-state index contributed by atoms with van der Waals surface area (Å²) >= 11 is 0. The Balaban J connectivity index is 2.53. The first kappa shape index (κ1) is 22.6. The van der Waals surface area contributed by atoms with Crippen LogP contribution < -0.4 is 10.1 Å². The summed E-state index contributed by atoms with van der Waals surface area (Å²) < 4.78 is 64.8. The zero-order valence-electron chi connectivity index (χ0n) is 16.1. The summed E-state index contributed by atoms with van der Waals surface area (Å²) in [6.45, 7) is 1.09. The van der Waals surface area contributed by atoms with Crippen LogP contribution in [0.25, 0.3) is 0 Å². The molecule has 1 unspecified atom stereocenters. The molecule has 8 heteroatoms. The maximum Gasteiger partial charge on any atom is 0.434 e. The maximum absolute atomic E-state index is 14.1. The molecule has 2 aromatic carbocycles. The molecular weight excluding hydrogens is 402 g/mol. The number of carbonyl (C=O) groups is 1. The monoisotopic (exact) mass is 419 g/mol. The number of anilines is 1. The molecule has 2 aromatic rings. The highest BCUT2D eigenvalue weighted by Gasteiger charge is 2.62. The first-order chi connectivity index (χ1) is 14.2. The van der Waals surface area contributed by atoms with Gasteiger partial charge in [-0.2, -0.15) is 13.2 Å². The highest BCUT2D eigenvalue weighted by Crippen LogP contribution is 2.37. The Bertz CT molecular complexity index is 1010. The Labute approximate surface area is 171 Å². The minimum atomic E-state index is -5.15. The zero-order chi connectivity index (χ0) is 22.2. The largest absolute Gasteiger partial charge is 0.495 e. The molecule has 0 spiro atoms. The zero-order valence-corrected chi connectivity index (χ0v) is 16.1. The molecule has 0 saturated heterocycles. The Morgan fingerprint density at radius 2 is 1.73 bits per heavy atom. The number of hydrogen-bond donors (Lipinski definition) is 1. The number of halogens is 4. The lowest BCUT2D eigenvalue weighted by molar-refractivity contribution is -0.188. The van der Waals surface area contributed by atoms with Crippen molar-refractivity contribution in [3.63, 3.8) is 0 Å². The van der Waals surface area contributed by atoms with Gasteiger partial charge in [0.25, 0.3) is 5.54 Å². The molecule has 0 radical (unpaired) electrons. The lowest BCUT2D eigenvalue weighted by Crippen LogP contribution is -2.58. The minimum absolute atomic E-state index is 0.0784. The lowest BCUT2D eigenvalue weighted by Gasteiger charge is -2.30. The van der Waals surface area contributed by atoms with Gasteiger partial charge in [-0.1, -0.05) is 18.1 Å². The SMILES string of the molecule is CCOC(=O)C(C#CC#Cc1ccc(F)cc1)(Nc1ccccc1OC)C(F)(F)F. The van der Waals surface area contributed by atoms with Crippen LogP contribution >= 0.6 is 0 Å². The van der Waals surface area contributed by atoms with Gasteiger partial charge in [0.1, 0.15) is 11.6 Å². The second-order valence-corrected chi connectivity index (χ2v) is 5.80. The predicted octanol–water partition coefficient (Wildman–Crippen LogP) is 4.17.